The number of aromatic nitrogens is 1. The number of aliphatic hydroxyl groups is 2. The summed E-state index contributed by atoms with van der Waals surface area (Å²) in [4.78, 5) is 24.0. The molecular formula is C11H12F3NO4S. The van der Waals surface area contributed by atoms with Gasteiger partial charge in [0.25, 0.3) is 5.56 Å². The van der Waals surface area contributed by atoms with Crippen molar-refractivity contribution in [1.82, 2.24) is 4.98 Å². The second-order valence-corrected chi connectivity index (χ2v) is 5.18. The van der Waals surface area contributed by atoms with E-state index in [1.165, 1.54) is 6.92 Å². The lowest BCUT2D eigenvalue weighted by Gasteiger charge is -2.17. The molecule has 0 aliphatic heterocycles. The highest BCUT2D eigenvalue weighted by Crippen LogP contribution is 2.29. The third-order valence-corrected chi connectivity index (χ3v) is 3.31. The van der Waals surface area contributed by atoms with Gasteiger partial charge in [-0.2, -0.15) is 13.2 Å². The van der Waals surface area contributed by atoms with Crippen LogP contribution in [0.4, 0.5) is 13.2 Å². The predicted molar refractivity (Wildman–Crippen MR) is 66.2 cm³/mol. The minimum atomic E-state index is -4.68. The summed E-state index contributed by atoms with van der Waals surface area (Å²) >= 11 is 0.695. The van der Waals surface area contributed by atoms with Crippen LogP contribution in [0.25, 0.3) is 0 Å². The maximum Gasteiger partial charge on any atom is 0.417 e. The van der Waals surface area contributed by atoms with E-state index in [0.717, 1.165) is 0 Å². The molecule has 1 rings (SSSR count). The molecule has 112 valence electrons. The Balaban J connectivity index is 3.00. The molecular weight excluding hydrogens is 299 g/mol. The highest BCUT2D eigenvalue weighted by atomic mass is 32.2. The van der Waals surface area contributed by atoms with Crippen molar-refractivity contribution in [2.24, 2.45) is 0 Å². The summed E-state index contributed by atoms with van der Waals surface area (Å²) in [6.45, 7) is 1.24. The quantitative estimate of drug-likeness (QED) is 0.774. The molecule has 0 aliphatic rings. The van der Waals surface area contributed by atoms with Crippen LogP contribution in [-0.2, 0) is 11.0 Å². The highest BCUT2D eigenvalue weighted by molar-refractivity contribution is 8.13. The maximum atomic E-state index is 12.5. The van der Waals surface area contributed by atoms with Crippen LogP contribution >= 0.6 is 11.8 Å². The van der Waals surface area contributed by atoms with Crippen molar-refractivity contribution < 1.29 is 28.2 Å². The summed E-state index contributed by atoms with van der Waals surface area (Å²) in [6.07, 6.45) is -7.55. The molecule has 1 heterocycles. The van der Waals surface area contributed by atoms with Gasteiger partial charge in [0.15, 0.2) is 5.12 Å². The topological polar surface area (TPSA) is 90.4 Å². The summed E-state index contributed by atoms with van der Waals surface area (Å²) in [5.74, 6) is -0.230. The molecule has 1 aromatic heterocycles. The van der Waals surface area contributed by atoms with E-state index in [1.54, 1.807) is 0 Å². The third kappa shape index (κ3) is 4.36. The molecule has 2 unspecified atom stereocenters. The van der Waals surface area contributed by atoms with Gasteiger partial charge in [0.2, 0.25) is 0 Å². The Labute approximate surface area is 115 Å². The number of carbonyl (C=O) groups is 1. The van der Waals surface area contributed by atoms with Crippen molar-refractivity contribution in [3.63, 3.8) is 0 Å². The van der Waals surface area contributed by atoms with E-state index in [2.05, 4.69) is 0 Å². The number of pyridine rings is 1. The van der Waals surface area contributed by atoms with Crippen LogP contribution in [0.2, 0.25) is 0 Å². The minimum Gasteiger partial charge on any atom is -0.389 e. The second kappa shape index (κ2) is 6.42. The summed E-state index contributed by atoms with van der Waals surface area (Å²) in [7, 11) is 0. The van der Waals surface area contributed by atoms with E-state index in [1.807, 2.05) is 4.98 Å². The summed E-state index contributed by atoms with van der Waals surface area (Å²) in [6, 6.07) is 0.477. The molecule has 0 saturated carbocycles. The summed E-state index contributed by atoms with van der Waals surface area (Å²) < 4.78 is 37.5. The molecule has 2 atom stereocenters. The number of H-pyrrole nitrogens is 1. The molecule has 0 aromatic carbocycles. The van der Waals surface area contributed by atoms with E-state index in [0.29, 0.717) is 24.0 Å². The van der Waals surface area contributed by atoms with Gasteiger partial charge in [0.1, 0.15) is 6.10 Å². The molecule has 0 saturated heterocycles. The van der Waals surface area contributed by atoms with Gasteiger partial charge in [-0.25, -0.2) is 0 Å². The summed E-state index contributed by atoms with van der Waals surface area (Å²) in [5, 5.41) is 19.0. The molecule has 0 spiro atoms. The normalized spacial score (nSPS) is 14.9. The Morgan fingerprint density at radius 2 is 2.05 bits per heavy atom. The fourth-order valence-electron chi connectivity index (χ4n) is 1.39. The molecule has 3 N–H and O–H groups in total. The standard InChI is InChI=1S/C11H12F3NO4S/c1-5(16)20-4-8(17)9(18)7-2-6(11(12,13)14)3-15-10(7)19/h2-3,8-9,17-18H,4H2,1H3,(H,15,19). The Hall–Kier alpha value is -1.32. The number of aliphatic hydroxyl groups excluding tert-OH is 2. The van der Waals surface area contributed by atoms with Gasteiger partial charge in [0.05, 0.1) is 11.7 Å². The lowest BCUT2D eigenvalue weighted by atomic mass is 10.1. The van der Waals surface area contributed by atoms with Gasteiger partial charge in [-0.3, -0.25) is 9.59 Å². The van der Waals surface area contributed by atoms with Crippen molar-refractivity contribution >= 4 is 16.9 Å². The lowest BCUT2D eigenvalue weighted by Crippen LogP contribution is -2.28. The van der Waals surface area contributed by atoms with Gasteiger partial charge in [0, 0.05) is 24.4 Å². The highest BCUT2D eigenvalue weighted by Gasteiger charge is 2.33. The van der Waals surface area contributed by atoms with Crippen LogP contribution in [0.5, 0.6) is 0 Å². The van der Waals surface area contributed by atoms with E-state index in [9.17, 15) is 33.0 Å². The van der Waals surface area contributed by atoms with Crippen molar-refractivity contribution in [2.45, 2.75) is 25.3 Å². The van der Waals surface area contributed by atoms with E-state index >= 15 is 0 Å². The smallest absolute Gasteiger partial charge is 0.389 e. The fourth-order valence-corrected chi connectivity index (χ4v) is 1.97. The van der Waals surface area contributed by atoms with Crippen LogP contribution in [0, 0.1) is 0 Å². The van der Waals surface area contributed by atoms with Crippen molar-refractivity contribution in [1.29, 1.82) is 0 Å². The molecule has 1 aromatic rings. The Morgan fingerprint density at radius 3 is 2.55 bits per heavy atom. The zero-order valence-corrected chi connectivity index (χ0v) is 11.1. The average molecular weight is 311 g/mol. The lowest BCUT2D eigenvalue weighted by molar-refractivity contribution is -0.138. The van der Waals surface area contributed by atoms with E-state index in [-0.39, 0.29) is 10.9 Å². The van der Waals surface area contributed by atoms with Gasteiger partial charge in [-0.1, -0.05) is 11.8 Å². The molecule has 0 bridgehead atoms. The maximum absolute atomic E-state index is 12.5. The number of halogens is 3. The van der Waals surface area contributed by atoms with Crippen LogP contribution in [0.3, 0.4) is 0 Å². The zero-order valence-electron chi connectivity index (χ0n) is 10.3. The number of nitrogens with one attached hydrogen (secondary N) is 1. The third-order valence-electron chi connectivity index (χ3n) is 2.40. The number of hydrogen-bond acceptors (Lipinski definition) is 5. The Morgan fingerprint density at radius 1 is 1.45 bits per heavy atom. The van der Waals surface area contributed by atoms with E-state index < -0.39 is 35.1 Å². The molecule has 0 radical (unpaired) electrons. The molecule has 9 heteroatoms. The first-order valence-electron chi connectivity index (χ1n) is 5.42. The van der Waals surface area contributed by atoms with Gasteiger partial charge >= 0.3 is 6.18 Å². The van der Waals surface area contributed by atoms with Crippen LogP contribution in [0.15, 0.2) is 17.1 Å². The number of thioether (sulfide) groups is 1. The predicted octanol–water partition coefficient (Wildman–Crippen LogP) is 1.07. The number of carbonyl (C=O) groups excluding carboxylic acids is 1. The van der Waals surface area contributed by atoms with Crippen molar-refractivity contribution in [2.75, 3.05) is 5.75 Å². The first kappa shape index (κ1) is 16.7. The minimum absolute atomic E-state index is 0.230. The molecule has 0 fully saturated rings. The zero-order chi connectivity index (χ0) is 15.5. The van der Waals surface area contributed by atoms with Gasteiger partial charge in [-0.05, 0) is 6.07 Å². The number of hydrogen-bond donors (Lipinski definition) is 3. The molecule has 0 aliphatic carbocycles. The van der Waals surface area contributed by atoms with Gasteiger partial charge in [-0.15, -0.1) is 0 Å². The van der Waals surface area contributed by atoms with Gasteiger partial charge < -0.3 is 15.2 Å². The summed E-state index contributed by atoms with van der Waals surface area (Å²) in [5.41, 5.74) is -2.67. The molecule has 20 heavy (non-hydrogen) atoms. The monoisotopic (exact) mass is 311 g/mol. The van der Waals surface area contributed by atoms with Crippen molar-refractivity contribution in [3.05, 3.63) is 33.7 Å². The number of alkyl halides is 3. The first-order chi connectivity index (χ1) is 9.12. The van der Waals surface area contributed by atoms with Crippen molar-refractivity contribution in [3.8, 4) is 0 Å². The average Bonchev–Trinajstić information content (AvgIpc) is 2.34. The number of rotatable bonds is 4. The first-order valence-corrected chi connectivity index (χ1v) is 6.40. The Bertz CT molecular complexity index is 543. The molecule has 5 nitrogen and oxygen atoms in total. The SMILES string of the molecule is CC(=O)SCC(O)C(O)c1cc(C(F)(F)F)c[nH]c1=O. The van der Waals surface area contributed by atoms with E-state index in [4.69, 9.17) is 0 Å². The Kier molecular flexibility index (Phi) is 5.37. The largest absolute Gasteiger partial charge is 0.417 e. The number of aromatic amines is 1. The van der Waals surface area contributed by atoms with Crippen LogP contribution < -0.4 is 5.56 Å². The second-order valence-electron chi connectivity index (χ2n) is 3.99. The fraction of sp³-hybridized carbons (Fsp3) is 0.455. The van der Waals surface area contributed by atoms with Crippen LogP contribution in [0.1, 0.15) is 24.2 Å². The molecule has 0 amide bonds. The van der Waals surface area contributed by atoms with Crippen LogP contribution in [-0.4, -0.2) is 32.2 Å².